The van der Waals surface area contributed by atoms with Gasteiger partial charge < -0.3 is 19.3 Å². The Kier molecular flexibility index (Phi) is 4.45. The number of aryl methyl sites for hydroxylation is 1. The summed E-state index contributed by atoms with van der Waals surface area (Å²) in [5.41, 5.74) is 3.14. The molecule has 2 aromatic rings. The molecule has 5 nitrogen and oxygen atoms in total. The van der Waals surface area contributed by atoms with Crippen LogP contribution in [0.2, 0.25) is 0 Å². The Balaban J connectivity index is 1.47. The highest BCUT2D eigenvalue weighted by Gasteiger charge is 2.28. The van der Waals surface area contributed by atoms with Gasteiger partial charge in [0.15, 0.2) is 11.5 Å². The lowest BCUT2D eigenvalue weighted by Gasteiger charge is -2.41. The molecule has 0 radical (unpaired) electrons. The van der Waals surface area contributed by atoms with Gasteiger partial charge in [0.25, 0.3) is 5.91 Å². The molecule has 1 amide bonds. The number of fused-ring (bicyclic) bond motifs is 1. The fraction of sp³-hybridized carbons (Fsp3) is 0.381. The highest BCUT2D eigenvalue weighted by Crippen LogP contribution is 2.31. The van der Waals surface area contributed by atoms with E-state index in [-0.39, 0.29) is 11.9 Å². The molecule has 2 aliphatic heterocycles. The van der Waals surface area contributed by atoms with Gasteiger partial charge in [-0.3, -0.25) is 4.79 Å². The molecule has 0 bridgehead atoms. The number of rotatable bonds is 2. The minimum absolute atomic E-state index is 0.0534. The predicted octanol–water partition coefficient (Wildman–Crippen LogP) is 3.12. The number of hydrogen-bond acceptors (Lipinski definition) is 4. The van der Waals surface area contributed by atoms with Crippen molar-refractivity contribution in [1.29, 1.82) is 0 Å². The first-order chi connectivity index (χ1) is 12.6. The van der Waals surface area contributed by atoms with E-state index >= 15 is 0 Å². The van der Waals surface area contributed by atoms with Gasteiger partial charge in [-0.1, -0.05) is 12.1 Å². The van der Waals surface area contributed by atoms with E-state index in [1.165, 1.54) is 11.3 Å². The topological polar surface area (TPSA) is 42.0 Å². The minimum atomic E-state index is 0.0534. The zero-order valence-electron chi connectivity index (χ0n) is 15.3. The van der Waals surface area contributed by atoms with Crippen molar-refractivity contribution < 1.29 is 14.3 Å². The first-order valence-electron chi connectivity index (χ1n) is 9.14. The van der Waals surface area contributed by atoms with Crippen LogP contribution in [0.1, 0.15) is 22.8 Å². The van der Waals surface area contributed by atoms with Gasteiger partial charge in [-0.15, -0.1) is 0 Å². The van der Waals surface area contributed by atoms with Gasteiger partial charge in [0.2, 0.25) is 0 Å². The number of carbonyl (C=O) groups excluding carboxylic acids is 1. The molecule has 0 saturated carbocycles. The fourth-order valence-electron chi connectivity index (χ4n) is 3.69. The zero-order chi connectivity index (χ0) is 18.1. The highest BCUT2D eigenvalue weighted by atomic mass is 16.6. The number of piperazine rings is 1. The van der Waals surface area contributed by atoms with Crippen molar-refractivity contribution in [3.63, 3.8) is 0 Å². The average molecular weight is 352 g/mol. The predicted molar refractivity (Wildman–Crippen MR) is 101 cm³/mol. The number of hydrogen-bond donors (Lipinski definition) is 0. The summed E-state index contributed by atoms with van der Waals surface area (Å²) < 4.78 is 11.1. The molecule has 1 atom stereocenters. The molecule has 2 aliphatic rings. The molecule has 26 heavy (non-hydrogen) atoms. The van der Waals surface area contributed by atoms with Gasteiger partial charge in [-0.25, -0.2) is 0 Å². The van der Waals surface area contributed by atoms with Crippen molar-refractivity contribution in [2.75, 3.05) is 37.7 Å². The van der Waals surface area contributed by atoms with Crippen LogP contribution in [0.5, 0.6) is 11.5 Å². The molecule has 1 fully saturated rings. The molecule has 2 aromatic carbocycles. The summed E-state index contributed by atoms with van der Waals surface area (Å²) in [5, 5.41) is 0. The zero-order valence-corrected chi connectivity index (χ0v) is 15.3. The second-order valence-corrected chi connectivity index (χ2v) is 6.99. The van der Waals surface area contributed by atoms with Crippen LogP contribution in [0.4, 0.5) is 5.69 Å². The number of ether oxygens (including phenoxy) is 2. The summed E-state index contributed by atoms with van der Waals surface area (Å²) >= 11 is 0. The Hall–Kier alpha value is -2.69. The summed E-state index contributed by atoms with van der Waals surface area (Å²) in [4.78, 5) is 17.2. The summed E-state index contributed by atoms with van der Waals surface area (Å²) in [6, 6.07) is 14.3. The van der Waals surface area contributed by atoms with E-state index < -0.39 is 0 Å². The third kappa shape index (κ3) is 3.21. The standard InChI is InChI=1S/C21H24N2O3/c1-15-4-3-5-18(12-15)23-9-8-22(14-16(23)2)21(24)17-6-7-19-20(13-17)26-11-10-25-19/h3-7,12-13,16H,8-11,14H2,1-2H3/t16-/m0/s1. The monoisotopic (exact) mass is 352 g/mol. The maximum absolute atomic E-state index is 12.9. The normalized spacial score (nSPS) is 19.4. The van der Waals surface area contributed by atoms with E-state index in [0.29, 0.717) is 43.4 Å². The highest BCUT2D eigenvalue weighted by molar-refractivity contribution is 5.95. The number of nitrogens with zero attached hydrogens (tertiary/aromatic N) is 2. The largest absolute Gasteiger partial charge is 0.486 e. The Morgan fingerprint density at radius 2 is 1.85 bits per heavy atom. The van der Waals surface area contributed by atoms with Crippen LogP contribution in [0.15, 0.2) is 42.5 Å². The van der Waals surface area contributed by atoms with E-state index in [9.17, 15) is 4.79 Å². The number of carbonyl (C=O) groups is 1. The van der Waals surface area contributed by atoms with Crippen molar-refractivity contribution in [3.05, 3.63) is 53.6 Å². The van der Waals surface area contributed by atoms with Crippen molar-refractivity contribution in [3.8, 4) is 11.5 Å². The quantitative estimate of drug-likeness (QED) is 0.833. The summed E-state index contributed by atoms with van der Waals surface area (Å²) in [7, 11) is 0. The van der Waals surface area contributed by atoms with Crippen molar-refractivity contribution in [1.82, 2.24) is 4.90 Å². The third-order valence-corrected chi connectivity index (χ3v) is 5.04. The molecule has 0 aliphatic carbocycles. The van der Waals surface area contributed by atoms with E-state index in [4.69, 9.17) is 9.47 Å². The fourth-order valence-corrected chi connectivity index (χ4v) is 3.69. The van der Waals surface area contributed by atoms with Crippen LogP contribution < -0.4 is 14.4 Å². The molecule has 0 N–H and O–H groups in total. The molecule has 2 heterocycles. The lowest BCUT2D eigenvalue weighted by atomic mass is 10.1. The first kappa shape index (κ1) is 16.8. The van der Waals surface area contributed by atoms with Crippen LogP contribution in [-0.2, 0) is 0 Å². The van der Waals surface area contributed by atoms with Crippen LogP contribution in [-0.4, -0.2) is 49.7 Å². The van der Waals surface area contributed by atoms with E-state index in [2.05, 4.69) is 43.0 Å². The second-order valence-electron chi connectivity index (χ2n) is 6.99. The summed E-state index contributed by atoms with van der Waals surface area (Å²) in [5.74, 6) is 1.43. The SMILES string of the molecule is Cc1cccc(N2CCN(C(=O)c3ccc4c(c3)OCCO4)C[C@@H]2C)c1. The third-order valence-electron chi connectivity index (χ3n) is 5.04. The lowest BCUT2D eigenvalue weighted by molar-refractivity contribution is 0.0725. The van der Waals surface area contributed by atoms with Crippen molar-refractivity contribution >= 4 is 11.6 Å². The minimum Gasteiger partial charge on any atom is -0.486 e. The van der Waals surface area contributed by atoms with Crippen LogP contribution in [0.3, 0.4) is 0 Å². The molecule has 4 rings (SSSR count). The Labute approximate surface area is 154 Å². The van der Waals surface area contributed by atoms with E-state index in [0.717, 1.165) is 6.54 Å². The first-order valence-corrected chi connectivity index (χ1v) is 9.14. The number of amides is 1. The molecule has 0 unspecified atom stereocenters. The van der Waals surface area contributed by atoms with Crippen LogP contribution in [0, 0.1) is 6.92 Å². The molecule has 0 aromatic heterocycles. The Morgan fingerprint density at radius 3 is 2.62 bits per heavy atom. The molecule has 0 spiro atoms. The van der Waals surface area contributed by atoms with Gasteiger partial charge in [0.05, 0.1) is 0 Å². The van der Waals surface area contributed by atoms with Crippen LogP contribution >= 0.6 is 0 Å². The molecule has 5 heteroatoms. The van der Waals surface area contributed by atoms with E-state index in [1.807, 2.05) is 17.0 Å². The number of anilines is 1. The van der Waals surface area contributed by atoms with Gasteiger partial charge in [0, 0.05) is 36.9 Å². The van der Waals surface area contributed by atoms with Crippen molar-refractivity contribution in [2.24, 2.45) is 0 Å². The number of benzene rings is 2. The van der Waals surface area contributed by atoms with Crippen LogP contribution in [0.25, 0.3) is 0 Å². The average Bonchev–Trinajstić information content (AvgIpc) is 2.67. The molecular weight excluding hydrogens is 328 g/mol. The second kappa shape index (κ2) is 6.90. The molecular formula is C21H24N2O3. The maximum atomic E-state index is 12.9. The molecule has 136 valence electrons. The van der Waals surface area contributed by atoms with E-state index in [1.54, 1.807) is 6.07 Å². The Morgan fingerprint density at radius 1 is 1.04 bits per heavy atom. The Bertz CT molecular complexity index is 821. The van der Waals surface area contributed by atoms with Crippen molar-refractivity contribution in [2.45, 2.75) is 19.9 Å². The summed E-state index contributed by atoms with van der Waals surface area (Å²) in [6.45, 7) is 7.62. The smallest absolute Gasteiger partial charge is 0.254 e. The molecule has 1 saturated heterocycles. The van der Waals surface area contributed by atoms with Gasteiger partial charge in [-0.05, 0) is 49.7 Å². The summed E-state index contributed by atoms with van der Waals surface area (Å²) in [6.07, 6.45) is 0. The van der Waals surface area contributed by atoms with Gasteiger partial charge >= 0.3 is 0 Å². The van der Waals surface area contributed by atoms with Gasteiger partial charge in [-0.2, -0.15) is 0 Å². The lowest BCUT2D eigenvalue weighted by Crippen LogP contribution is -2.53. The maximum Gasteiger partial charge on any atom is 0.254 e. The van der Waals surface area contributed by atoms with Gasteiger partial charge in [0.1, 0.15) is 13.2 Å².